The molecule has 2 amide bonds. The van der Waals surface area contributed by atoms with Crippen molar-refractivity contribution >= 4 is 23.2 Å². The number of carbonyl (C=O) groups is 2. The molecule has 0 saturated heterocycles. The molecule has 0 aliphatic carbocycles. The predicted molar refractivity (Wildman–Crippen MR) is 125 cm³/mol. The quantitative estimate of drug-likeness (QED) is 0.563. The van der Waals surface area contributed by atoms with Gasteiger partial charge in [-0.05, 0) is 63.1 Å². The number of benzene rings is 3. The molecule has 3 rings (SSSR count). The second kappa shape index (κ2) is 9.94. The van der Waals surface area contributed by atoms with Crippen LogP contribution in [0.25, 0.3) is 0 Å². The Balaban J connectivity index is 1.80. The zero-order valence-electron chi connectivity index (χ0n) is 18.4. The van der Waals surface area contributed by atoms with Gasteiger partial charge >= 0.3 is 0 Å². The summed E-state index contributed by atoms with van der Waals surface area (Å²) in [6, 6.07) is 22.4. The molecule has 5 nitrogen and oxygen atoms in total. The number of amides is 2. The van der Waals surface area contributed by atoms with Gasteiger partial charge in [0.25, 0.3) is 11.8 Å². The van der Waals surface area contributed by atoms with E-state index in [0.29, 0.717) is 23.5 Å². The standard InChI is InChI=1S/C26H28N2O3/c1-5-28(21-14-7-6-8-15-21)26(30)22-16-9-10-17-23(22)27-25(29)20(4)31-24-18(2)12-11-13-19(24)3/h6-17,20H,5H2,1-4H3,(H,27,29). The first-order valence-electron chi connectivity index (χ1n) is 10.4. The lowest BCUT2D eigenvalue weighted by molar-refractivity contribution is -0.122. The molecule has 0 saturated carbocycles. The lowest BCUT2D eigenvalue weighted by Gasteiger charge is -2.23. The molecule has 0 radical (unpaired) electrons. The van der Waals surface area contributed by atoms with Gasteiger partial charge in [-0.25, -0.2) is 0 Å². The Labute approximate surface area is 183 Å². The van der Waals surface area contributed by atoms with Crippen molar-refractivity contribution in [2.75, 3.05) is 16.8 Å². The Morgan fingerprint density at radius 1 is 0.903 bits per heavy atom. The topological polar surface area (TPSA) is 58.6 Å². The highest BCUT2D eigenvalue weighted by atomic mass is 16.5. The summed E-state index contributed by atoms with van der Waals surface area (Å²) in [5.74, 6) is 0.217. The van der Waals surface area contributed by atoms with Crippen LogP contribution in [-0.4, -0.2) is 24.5 Å². The maximum atomic E-state index is 13.3. The van der Waals surface area contributed by atoms with E-state index in [1.54, 1.807) is 36.1 Å². The van der Waals surface area contributed by atoms with Crippen molar-refractivity contribution in [3.8, 4) is 5.75 Å². The number of ether oxygens (including phenoxy) is 1. The summed E-state index contributed by atoms with van der Waals surface area (Å²) < 4.78 is 5.94. The van der Waals surface area contributed by atoms with E-state index < -0.39 is 6.10 Å². The van der Waals surface area contributed by atoms with Crippen molar-refractivity contribution in [2.45, 2.75) is 33.8 Å². The highest BCUT2D eigenvalue weighted by Gasteiger charge is 2.22. The number of hydrogen-bond donors (Lipinski definition) is 1. The van der Waals surface area contributed by atoms with Gasteiger partial charge < -0.3 is 15.0 Å². The summed E-state index contributed by atoms with van der Waals surface area (Å²) >= 11 is 0. The van der Waals surface area contributed by atoms with Crippen molar-refractivity contribution < 1.29 is 14.3 Å². The first-order chi connectivity index (χ1) is 14.9. The Kier molecular flexibility index (Phi) is 7.08. The molecular formula is C26H28N2O3. The lowest BCUT2D eigenvalue weighted by atomic mass is 10.1. The number of aryl methyl sites for hydroxylation is 2. The van der Waals surface area contributed by atoms with Crippen molar-refractivity contribution in [1.82, 2.24) is 0 Å². The second-order valence-corrected chi connectivity index (χ2v) is 7.40. The highest BCUT2D eigenvalue weighted by molar-refractivity contribution is 6.11. The summed E-state index contributed by atoms with van der Waals surface area (Å²) in [7, 11) is 0. The highest BCUT2D eigenvalue weighted by Crippen LogP contribution is 2.25. The largest absolute Gasteiger partial charge is 0.480 e. The number of nitrogens with zero attached hydrogens (tertiary/aromatic N) is 1. The van der Waals surface area contributed by atoms with Crippen LogP contribution in [0.15, 0.2) is 72.8 Å². The average molecular weight is 417 g/mol. The Morgan fingerprint density at radius 3 is 2.16 bits per heavy atom. The number of para-hydroxylation sites is 3. The molecule has 0 aliphatic heterocycles. The van der Waals surface area contributed by atoms with Gasteiger partial charge in [0.1, 0.15) is 5.75 Å². The zero-order valence-corrected chi connectivity index (χ0v) is 18.4. The number of hydrogen-bond acceptors (Lipinski definition) is 3. The molecule has 0 spiro atoms. The van der Waals surface area contributed by atoms with Crippen LogP contribution < -0.4 is 15.0 Å². The molecule has 160 valence electrons. The van der Waals surface area contributed by atoms with Crippen LogP contribution in [0, 0.1) is 13.8 Å². The van der Waals surface area contributed by atoms with E-state index in [1.165, 1.54) is 0 Å². The third-order valence-corrected chi connectivity index (χ3v) is 5.12. The van der Waals surface area contributed by atoms with Crippen molar-refractivity contribution in [3.05, 3.63) is 89.5 Å². The monoisotopic (exact) mass is 416 g/mol. The summed E-state index contributed by atoms with van der Waals surface area (Å²) in [5.41, 5.74) is 3.64. The number of rotatable bonds is 7. The van der Waals surface area contributed by atoms with E-state index in [9.17, 15) is 9.59 Å². The second-order valence-electron chi connectivity index (χ2n) is 7.40. The van der Waals surface area contributed by atoms with Crippen molar-refractivity contribution in [2.24, 2.45) is 0 Å². The van der Waals surface area contributed by atoms with E-state index in [2.05, 4.69) is 5.32 Å². The molecule has 0 heterocycles. The van der Waals surface area contributed by atoms with E-state index in [0.717, 1.165) is 16.8 Å². The van der Waals surface area contributed by atoms with Gasteiger partial charge in [0.2, 0.25) is 0 Å². The van der Waals surface area contributed by atoms with Crippen LogP contribution in [0.2, 0.25) is 0 Å². The number of nitrogens with one attached hydrogen (secondary N) is 1. The number of anilines is 2. The molecule has 5 heteroatoms. The van der Waals surface area contributed by atoms with E-state index in [-0.39, 0.29) is 11.8 Å². The van der Waals surface area contributed by atoms with E-state index in [4.69, 9.17) is 4.74 Å². The molecule has 0 aliphatic rings. The molecule has 0 fully saturated rings. The normalized spacial score (nSPS) is 11.5. The van der Waals surface area contributed by atoms with Crippen LogP contribution in [0.1, 0.15) is 35.3 Å². The third kappa shape index (κ3) is 5.12. The third-order valence-electron chi connectivity index (χ3n) is 5.12. The molecule has 1 unspecified atom stereocenters. The van der Waals surface area contributed by atoms with Gasteiger partial charge in [-0.1, -0.05) is 48.5 Å². The summed E-state index contributed by atoms with van der Waals surface area (Å²) in [5, 5.41) is 2.87. The molecule has 1 atom stereocenters. The fourth-order valence-corrected chi connectivity index (χ4v) is 3.43. The Bertz CT molecular complexity index is 1040. The summed E-state index contributed by atoms with van der Waals surface area (Å²) in [6.45, 7) is 8.03. The minimum absolute atomic E-state index is 0.173. The maximum absolute atomic E-state index is 13.3. The van der Waals surface area contributed by atoms with Gasteiger partial charge in [-0.3, -0.25) is 9.59 Å². The molecule has 31 heavy (non-hydrogen) atoms. The fourth-order valence-electron chi connectivity index (χ4n) is 3.43. The van der Waals surface area contributed by atoms with Crippen LogP contribution in [-0.2, 0) is 4.79 Å². The summed E-state index contributed by atoms with van der Waals surface area (Å²) in [4.78, 5) is 27.8. The first kappa shape index (κ1) is 22.1. The molecule has 3 aromatic rings. The zero-order chi connectivity index (χ0) is 22.4. The van der Waals surface area contributed by atoms with Gasteiger partial charge in [-0.15, -0.1) is 0 Å². The lowest BCUT2D eigenvalue weighted by Crippen LogP contribution is -2.34. The number of carbonyl (C=O) groups excluding carboxylic acids is 2. The van der Waals surface area contributed by atoms with E-state index in [1.807, 2.05) is 69.3 Å². The van der Waals surface area contributed by atoms with Crippen LogP contribution in [0.3, 0.4) is 0 Å². The summed E-state index contributed by atoms with van der Waals surface area (Å²) in [6.07, 6.45) is -0.723. The van der Waals surface area contributed by atoms with Gasteiger partial charge in [0, 0.05) is 12.2 Å². The van der Waals surface area contributed by atoms with Gasteiger partial charge in [-0.2, -0.15) is 0 Å². The minimum Gasteiger partial charge on any atom is -0.480 e. The van der Waals surface area contributed by atoms with Crippen LogP contribution >= 0.6 is 0 Å². The SMILES string of the molecule is CCN(C(=O)c1ccccc1NC(=O)C(C)Oc1c(C)cccc1C)c1ccccc1. The van der Waals surface area contributed by atoms with Crippen molar-refractivity contribution in [1.29, 1.82) is 0 Å². The molecule has 0 bridgehead atoms. The van der Waals surface area contributed by atoms with Gasteiger partial charge in [0.05, 0.1) is 11.3 Å². The van der Waals surface area contributed by atoms with Crippen molar-refractivity contribution in [3.63, 3.8) is 0 Å². The van der Waals surface area contributed by atoms with E-state index >= 15 is 0 Å². The molecular weight excluding hydrogens is 388 g/mol. The van der Waals surface area contributed by atoms with Gasteiger partial charge in [0.15, 0.2) is 6.10 Å². The molecule has 0 aromatic heterocycles. The fraction of sp³-hybridized carbons (Fsp3) is 0.231. The predicted octanol–water partition coefficient (Wildman–Crippen LogP) is 5.38. The average Bonchev–Trinajstić information content (AvgIpc) is 2.77. The molecule has 3 aromatic carbocycles. The Morgan fingerprint density at radius 2 is 1.52 bits per heavy atom. The smallest absolute Gasteiger partial charge is 0.265 e. The minimum atomic E-state index is -0.723. The maximum Gasteiger partial charge on any atom is 0.265 e. The Hall–Kier alpha value is -3.60. The molecule has 1 N–H and O–H groups in total. The van der Waals surface area contributed by atoms with Crippen LogP contribution in [0.4, 0.5) is 11.4 Å². The van der Waals surface area contributed by atoms with Crippen LogP contribution in [0.5, 0.6) is 5.75 Å². The first-order valence-corrected chi connectivity index (χ1v) is 10.4.